The van der Waals surface area contributed by atoms with Crippen LogP contribution >= 0.6 is 12.0 Å². The number of aliphatic hydroxyl groups is 1. The van der Waals surface area contributed by atoms with Crippen molar-refractivity contribution < 1.29 is 41.1 Å². The van der Waals surface area contributed by atoms with Crippen LogP contribution in [0.1, 0.15) is 0 Å². The van der Waals surface area contributed by atoms with Crippen molar-refractivity contribution in [2.45, 2.75) is 9.79 Å². The monoisotopic (exact) mass is 527 g/mol. The Morgan fingerprint density at radius 1 is 1.15 bits per heavy atom. The number of benzene rings is 1. The molecule has 0 aliphatic carbocycles. The largest absolute Gasteiger partial charge is 0.395 e. The van der Waals surface area contributed by atoms with Gasteiger partial charge in [-0.15, -0.1) is 4.33 Å². The third-order valence-electron chi connectivity index (χ3n) is 3.77. The quantitative estimate of drug-likeness (QED) is 0.0835. The lowest BCUT2D eigenvalue weighted by Gasteiger charge is -2.19. The van der Waals surface area contributed by atoms with Gasteiger partial charge in [-0.2, -0.15) is 27.7 Å². The van der Waals surface area contributed by atoms with Crippen LogP contribution in [0.2, 0.25) is 0 Å². The molecule has 1 aromatic carbocycles. The molecule has 0 atom stereocenters. The first kappa shape index (κ1) is 26.9. The molecule has 0 bridgehead atoms. The zero-order valence-corrected chi connectivity index (χ0v) is 19.4. The molecular weight excluding hydrogens is 506 g/mol. The van der Waals surface area contributed by atoms with Crippen molar-refractivity contribution in [2.24, 2.45) is 0 Å². The van der Waals surface area contributed by atoms with Crippen molar-refractivity contribution >= 4 is 55.7 Å². The molecule has 0 fully saturated rings. The van der Waals surface area contributed by atoms with Crippen LogP contribution in [0.3, 0.4) is 0 Å². The molecule has 0 saturated heterocycles. The van der Waals surface area contributed by atoms with E-state index in [9.17, 15) is 21.4 Å². The topological polar surface area (TPSA) is 239 Å². The molecule has 0 saturated carbocycles. The van der Waals surface area contributed by atoms with Crippen LogP contribution in [0, 0.1) is 0 Å². The Balaban J connectivity index is 2.23. The third kappa shape index (κ3) is 8.49. The standard InChI is InChI=1S/C14H21N7O9S3/c1-32(24,25)21(6-7-22)5-4-16-13-18-12(15)19-14(20-13)17-10-8-9(33(26,27)28)2-3-11(10)31-30-29-23/h2-3,8,22-23H,4-7H2,1H3,(H,26,27,28)(H4,15,16,17,18,19,20). The fourth-order valence-corrected chi connectivity index (χ4v) is 4.16. The summed E-state index contributed by atoms with van der Waals surface area (Å²) in [6.07, 6.45) is 1.01. The van der Waals surface area contributed by atoms with Crippen molar-refractivity contribution in [3.05, 3.63) is 18.2 Å². The van der Waals surface area contributed by atoms with Gasteiger partial charge < -0.3 is 21.5 Å². The van der Waals surface area contributed by atoms with Gasteiger partial charge in [0, 0.05) is 19.6 Å². The Labute approximate surface area is 193 Å². The van der Waals surface area contributed by atoms with E-state index < -0.39 is 25.0 Å². The SMILES string of the molecule is CS(=O)(=O)N(CCO)CCNc1nc(N)nc(Nc2cc(S(=O)(=O)O)ccc2SOOO)n1. The molecular formula is C14H21N7O9S3. The number of rotatable bonds is 13. The number of anilines is 4. The molecule has 2 rings (SSSR count). The maximum Gasteiger partial charge on any atom is 0.294 e. The molecule has 16 nitrogen and oxygen atoms in total. The van der Waals surface area contributed by atoms with Gasteiger partial charge >= 0.3 is 0 Å². The Kier molecular flexibility index (Phi) is 9.51. The van der Waals surface area contributed by atoms with E-state index in [0.717, 1.165) is 22.7 Å². The number of nitrogens with one attached hydrogen (secondary N) is 2. The van der Waals surface area contributed by atoms with E-state index in [1.165, 1.54) is 6.07 Å². The van der Waals surface area contributed by atoms with E-state index in [1.807, 2.05) is 0 Å². The van der Waals surface area contributed by atoms with Crippen LogP contribution in [0.5, 0.6) is 0 Å². The van der Waals surface area contributed by atoms with Gasteiger partial charge in [0.1, 0.15) is 0 Å². The third-order valence-corrected chi connectivity index (χ3v) is 6.58. The smallest absolute Gasteiger partial charge is 0.294 e. The highest BCUT2D eigenvalue weighted by Gasteiger charge is 2.17. The minimum atomic E-state index is -4.54. The van der Waals surface area contributed by atoms with Crippen molar-refractivity contribution in [1.29, 1.82) is 0 Å². The molecule has 0 aliphatic rings. The first-order valence-corrected chi connectivity index (χ1v) is 12.8. The Morgan fingerprint density at radius 3 is 2.45 bits per heavy atom. The Bertz CT molecular complexity index is 1160. The summed E-state index contributed by atoms with van der Waals surface area (Å²) in [5, 5.41) is 26.3. The van der Waals surface area contributed by atoms with Crippen LogP contribution in [-0.2, 0) is 29.5 Å². The number of hydrogen-bond acceptors (Lipinski definition) is 15. The van der Waals surface area contributed by atoms with E-state index in [0.29, 0.717) is 12.0 Å². The Hall–Kier alpha value is -2.36. The van der Waals surface area contributed by atoms with Crippen LogP contribution in [-0.4, -0.2) is 83.5 Å². The summed E-state index contributed by atoms with van der Waals surface area (Å²) in [6, 6.07) is 3.38. The second-order valence-corrected chi connectivity index (χ2v) is 10.3. The van der Waals surface area contributed by atoms with Gasteiger partial charge in [-0.1, -0.05) is 5.04 Å². The average Bonchev–Trinajstić information content (AvgIpc) is 2.70. The minimum Gasteiger partial charge on any atom is -0.395 e. The van der Waals surface area contributed by atoms with Crippen LogP contribution in [0.15, 0.2) is 28.0 Å². The summed E-state index contributed by atoms with van der Waals surface area (Å²) >= 11 is 0.506. The van der Waals surface area contributed by atoms with Gasteiger partial charge in [-0.05, 0) is 18.2 Å². The zero-order valence-electron chi connectivity index (χ0n) is 16.9. The molecule has 1 heterocycles. The van der Waals surface area contributed by atoms with Gasteiger partial charge in [0.2, 0.25) is 27.9 Å². The van der Waals surface area contributed by atoms with E-state index >= 15 is 0 Å². The molecule has 0 unspecified atom stereocenters. The Morgan fingerprint density at radius 2 is 1.85 bits per heavy atom. The van der Waals surface area contributed by atoms with Crippen LogP contribution < -0.4 is 16.4 Å². The lowest BCUT2D eigenvalue weighted by Crippen LogP contribution is -2.36. The lowest BCUT2D eigenvalue weighted by atomic mass is 10.3. The normalized spacial score (nSPS) is 12.2. The van der Waals surface area contributed by atoms with Gasteiger partial charge in [0.15, 0.2) is 0 Å². The molecule has 0 radical (unpaired) electrons. The van der Waals surface area contributed by atoms with E-state index in [-0.39, 0.29) is 54.7 Å². The molecule has 184 valence electrons. The number of aromatic nitrogens is 3. The first-order valence-electron chi connectivity index (χ1n) is 8.78. The van der Waals surface area contributed by atoms with E-state index in [1.54, 1.807) is 0 Å². The molecule has 33 heavy (non-hydrogen) atoms. The highest BCUT2D eigenvalue weighted by molar-refractivity contribution is 7.94. The fourth-order valence-electron chi connectivity index (χ4n) is 2.39. The zero-order chi connectivity index (χ0) is 24.6. The minimum absolute atomic E-state index is 0.00341. The maximum absolute atomic E-state index is 11.7. The predicted octanol–water partition coefficient (Wildman–Crippen LogP) is -0.462. The van der Waals surface area contributed by atoms with Gasteiger partial charge in [-0.3, -0.25) is 4.55 Å². The highest BCUT2D eigenvalue weighted by Crippen LogP contribution is 2.32. The number of aliphatic hydroxyl groups excluding tert-OH is 1. The molecule has 19 heteroatoms. The summed E-state index contributed by atoms with van der Waals surface area (Å²) in [5.41, 5.74) is 5.72. The summed E-state index contributed by atoms with van der Waals surface area (Å²) in [6.45, 7) is -0.370. The lowest BCUT2D eigenvalue weighted by molar-refractivity contribution is -0.432. The van der Waals surface area contributed by atoms with Crippen molar-refractivity contribution in [3.63, 3.8) is 0 Å². The molecule has 0 amide bonds. The fraction of sp³-hybridized carbons (Fsp3) is 0.357. The number of nitrogens with zero attached hydrogens (tertiary/aromatic N) is 4. The predicted molar refractivity (Wildman–Crippen MR) is 116 cm³/mol. The summed E-state index contributed by atoms with van der Waals surface area (Å²) in [7, 11) is -8.08. The van der Waals surface area contributed by atoms with Crippen molar-refractivity contribution in [1.82, 2.24) is 19.3 Å². The second kappa shape index (κ2) is 11.7. The van der Waals surface area contributed by atoms with Crippen LogP contribution in [0.25, 0.3) is 0 Å². The summed E-state index contributed by atoms with van der Waals surface area (Å²) in [4.78, 5) is 11.6. The molecule has 2 aromatic rings. The molecule has 1 aromatic heterocycles. The molecule has 0 aliphatic heterocycles. The van der Waals surface area contributed by atoms with Gasteiger partial charge in [-0.25, -0.2) is 13.7 Å². The van der Waals surface area contributed by atoms with Gasteiger partial charge in [0.05, 0.1) is 40.4 Å². The summed E-state index contributed by atoms with van der Waals surface area (Å²) < 4.78 is 61.0. The highest BCUT2D eigenvalue weighted by atomic mass is 32.2. The maximum atomic E-state index is 11.7. The van der Waals surface area contributed by atoms with Crippen LogP contribution in [0.4, 0.5) is 23.5 Å². The molecule has 0 spiro atoms. The average molecular weight is 528 g/mol. The number of hydrogen-bond donors (Lipinski definition) is 6. The van der Waals surface area contributed by atoms with E-state index in [4.69, 9.17) is 16.1 Å². The summed E-state index contributed by atoms with van der Waals surface area (Å²) in [5.74, 6) is -0.391. The first-order chi connectivity index (χ1) is 15.4. The van der Waals surface area contributed by atoms with Crippen molar-refractivity contribution in [2.75, 3.05) is 48.9 Å². The second-order valence-electron chi connectivity index (χ2n) is 6.14. The van der Waals surface area contributed by atoms with E-state index in [2.05, 4.69) is 35.0 Å². The number of sulfonamides is 1. The number of nitrogens with two attached hydrogens (primary N) is 1. The van der Waals surface area contributed by atoms with Gasteiger partial charge in [0.25, 0.3) is 10.1 Å². The number of nitrogen functional groups attached to an aromatic ring is 1. The molecule has 7 N–H and O–H groups in total. The van der Waals surface area contributed by atoms with Crippen molar-refractivity contribution in [3.8, 4) is 0 Å².